The zero-order valence-corrected chi connectivity index (χ0v) is 42.2. The quantitative estimate of drug-likeness (QED) is 0.0277. The summed E-state index contributed by atoms with van der Waals surface area (Å²) in [6.45, 7) is 6.35. The normalized spacial score (nSPS) is 14.7. The molecule has 0 radical (unpaired) electrons. The van der Waals surface area contributed by atoms with Gasteiger partial charge >= 0.3 is 17.9 Å². The largest absolute Gasteiger partial charge is 0.481 e. The predicted molar refractivity (Wildman–Crippen MR) is 262 cm³/mol. The van der Waals surface area contributed by atoms with Crippen molar-refractivity contribution in [2.45, 2.75) is 160 Å². The smallest absolute Gasteiger partial charge is 0.322 e. The number of nitrogens with zero attached hydrogens (tertiary/aromatic N) is 1. The van der Waals surface area contributed by atoms with Crippen LogP contribution < -0.4 is 65.5 Å². The topological polar surface area (TPSA) is 495 Å². The van der Waals surface area contributed by atoms with Crippen molar-refractivity contribution in [2.24, 2.45) is 34.8 Å². The summed E-state index contributed by atoms with van der Waals surface area (Å²) in [6.07, 6.45) is 1.21. The number of hydrogen-bond donors (Lipinski definition) is 16. The number of carboxylic acid groups (broad SMARTS) is 3. The van der Waals surface area contributed by atoms with Crippen molar-refractivity contribution >= 4 is 71.1 Å². The van der Waals surface area contributed by atoms with Crippen molar-refractivity contribution in [2.75, 3.05) is 19.6 Å². The van der Waals surface area contributed by atoms with Gasteiger partial charge in [-0.2, -0.15) is 0 Å². The van der Waals surface area contributed by atoms with Crippen LogP contribution >= 0.6 is 0 Å². The van der Waals surface area contributed by atoms with Crippen molar-refractivity contribution in [3.05, 3.63) is 18.2 Å². The molecule has 0 aliphatic carbocycles. The van der Waals surface area contributed by atoms with E-state index in [-0.39, 0.29) is 57.5 Å². The zero-order chi connectivity index (χ0) is 56.1. The molecule has 0 spiro atoms. The van der Waals surface area contributed by atoms with E-state index < -0.39 is 158 Å². The van der Waals surface area contributed by atoms with E-state index in [4.69, 9.17) is 33.1 Å². The molecule has 0 unspecified atom stereocenters. The minimum atomic E-state index is -1.67. The number of hydrogen-bond acceptors (Lipinski definition) is 16. The van der Waals surface area contributed by atoms with Crippen LogP contribution in [-0.2, 0) is 64.0 Å². The summed E-state index contributed by atoms with van der Waals surface area (Å²) in [4.78, 5) is 162. The van der Waals surface area contributed by atoms with Gasteiger partial charge in [0.2, 0.25) is 53.2 Å². The maximum atomic E-state index is 14.2. The third-order valence-corrected chi connectivity index (χ3v) is 11.4. The summed E-state index contributed by atoms with van der Waals surface area (Å²) in [5.74, 6) is -13.6. The second-order valence-corrected chi connectivity index (χ2v) is 18.1. The molecule has 0 bridgehead atoms. The van der Waals surface area contributed by atoms with Gasteiger partial charge < -0.3 is 85.8 Å². The molecular weight excluding hydrogens is 977 g/mol. The van der Waals surface area contributed by atoms with Crippen LogP contribution in [0.25, 0.3) is 0 Å². The fraction of sp³-hybridized carbons (Fsp3) is 0.667. The lowest BCUT2D eigenvalue weighted by Crippen LogP contribution is -2.61. The molecule has 1 rings (SSSR count). The van der Waals surface area contributed by atoms with Crippen LogP contribution in [0.3, 0.4) is 0 Å². The monoisotopic (exact) mass is 1050 g/mol. The minimum Gasteiger partial charge on any atom is -0.481 e. The molecule has 0 aliphatic rings. The predicted octanol–water partition coefficient (Wildman–Crippen LogP) is -4.56. The molecule has 0 aliphatic heterocycles. The van der Waals surface area contributed by atoms with E-state index in [0.29, 0.717) is 25.0 Å². The highest BCUT2D eigenvalue weighted by Gasteiger charge is 2.36. The van der Waals surface area contributed by atoms with Crippen LogP contribution in [0.5, 0.6) is 0 Å². The van der Waals surface area contributed by atoms with Crippen molar-refractivity contribution in [1.29, 1.82) is 0 Å². The number of aromatic amines is 1. The number of H-pyrrole nitrogens is 1. The number of nitrogens with two attached hydrogens (primary N) is 4. The van der Waals surface area contributed by atoms with Crippen LogP contribution in [0.2, 0.25) is 0 Å². The lowest BCUT2D eigenvalue weighted by molar-refractivity contribution is -0.140. The molecule has 1 aromatic rings. The first kappa shape index (κ1) is 64.7. The summed E-state index contributed by atoms with van der Waals surface area (Å²) in [7, 11) is 0. The Hall–Kier alpha value is -7.27. The summed E-state index contributed by atoms with van der Waals surface area (Å²) >= 11 is 0. The Kier molecular flexibility index (Phi) is 29.9. The lowest BCUT2D eigenvalue weighted by Gasteiger charge is -2.29. The van der Waals surface area contributed by atoms with Gasteiger partial charge in [-0.1, -0.05) is 34.1 Å². The van der Waals surface area contributed by atoms with E-state index in [1.165, 1.54) is 12.5 Å². The van der Waals surface area contributed by atoms with E-state index in [2.05, 4.69) is 47.2 Å². The number of aromatic nitrogens is 2. The Bertz CT molecular complexity index is 2060. The van der Waals surface area contributed by atoms with Gasteiger partial charge in [-0.3, -0.25) is 57.5 Å². The van der Waals surface area contributed by atoms with Gasteiger partial charge in [0.05, 0.1) is 25.2 Å². The molecule has 0 fully saturated rings. The van der Waals surface area contributed by atoms with Crippen molar-refractivity contribution in [3.8, 4) is 0 Å². The molecule has 0 saturated heterocycles. The van der Waals surface area contributed by atoms with Crippen LogP contribution in [0.1, 0.15) is 110 Å². The number of unbranched alkanes of at least 4 members (excludes halogenated alkanes) is 2. The molecule has 9 atom stereocenters. The Morgan fingerprint density at radius 1 is 0.581 bits per heavy atom. The van der Waals surface area contributed by atoms with Crippen LogP contribution in [0.15, 0.2) is 12.5 Å². The number of rotatable bonds is 38. The highest BCUT2D eigenvalue weighted by Crippen LogP contribution is 2.14. The average Bonchev–Trinajstić information content (AvgIpc) is 3.84. The number of carboxylic acids is 3. The fourth-order valence-electron chi connectivity index (χ4n) is 7.15. The summed E-state index contributed by atoms with van der Waals surface area (Å²) < 4.78 is 0. The first-order chi connectivity index (χ1) is 34.8. The second kappa shape index (κ2) is 34.2. The molecule has 1 heterocycles. The molecule has 0 aromatic carbocycles. The van der Waals surface area contributed by atoms with Crippen LogP contribution in [0, 0.1) is 11.8 Å². The molecule has 9 amide bonds. The third kappa shape index (κ3) is 25.4. The Morgan fingerprint density at radius 3 is 1.51 bits per heavy atom. The molecule has 29 heteroatoms. The highest BCUT2D eigenvalue weighted by molar-refractivity contribution is 5.99. The number of carbonyl (C=O) groups is 12. The maximum Gasteiger partial charge on any atom is 0.322 e. The van der Waals surface area contributed by atoms with Gasteiger partial charge in [-0.05, 0) is 76.3 Å². The number of amides is 9. The fourth-order valence-corrected chi connectivity index (χ4v) is 7.15. The summed E-state index contributed by atoms with van der Waals surface area (Å²) in [6, 6.07) is -11.8. The number of nitrogens with one attached hydrogen (secondary N) is 9. The average molecular weight is 1050 g/mol. The molecule has 74 heavy (non-hydrogen) atoms. The van der Waals surface area contributed by atoms with E-state index in [9.17, 15) is 62.6 Å². The van der Waals surface area contributed by atoms with Crippen molar-refractivity contribution < 1.29 is 72.9 Å². The SMILES string of the molecule is CC[C@H](C)[C@H](NC(=O)[C@@H](N)CC(=O)O)C(=O)N[C@@H](CC(C)C)C(=O)N[C@@H](CCC(=O)O)C(=O)N[C@@H](CCCCN)C(=O)N[C@@H](CCCCN)C(=O)N[C@@H](Cc1cnc[nH]1)C(=O)N[C@@H](CC(N)=O)C(=O)NCC(=O)O. The third-order valence-electron chi connectivity index (χ3n) is 11.4. The van der Waals surface area contributed by atoms with Gasteiger partial charge in [0.25, 0.3) is 0 Å². The van der Waals surface area contributed by atoms with E-state index in [1.807, 2.05) is 5.32 Å². The van der Waals surface area contributed by atoms with E-state index in [0.717, 1.165) is 0 Å². The number of aliphatic carboxylic acids is 3. The Morgan fingerprint density at radius 2 is 1.07 bits per heavy atom. The maximum absolute atomic E-state index is 14.2. The second-order valence-electron chi connectivity index (χ2n) is 18.1. The van der Waals surface area contributed by atoms with Crippen LogP contribution in [0.4, 0.5) is 0 Å². The first-order valence-electron chi connectivity index (χ1n) is 24.3. The first-order valence-corrected chi connectivity index (χ1v) is 24.3. The molecule has 20 N–H and O–H groups in total. The number of imidazole rings is 1. The highest BCUT2D eigenvalue weighted by atomic mass is 16.4. The zero-order valence-electron chi connectivity index (χ0n) is 42.2. The molecule has 1 aromatic heterocycles. The Labute approximate surface area is 427 Å². The van der Waals surface area contributed by atoms with Gasteiger partial charge in [0.1, 0.15) is 48.8 Å². The Balaban J connectivity index is 3.58. The van der Waals surface area contributed by atoms with Crippen LogP contribution in [-0.4, -0.2) is 164 Å². The van der Waals surface area contributed by atoms with Gasteiger partial charge in [0, 0.05) is 24.7 Å². The number of primary amides is 1. The van der Waals surface area contributed by atoms with Crippen molar-refractivity contribution in [3.63, 3.8) is 0 Å². The van der Waals surface area contributed by atoms with Gasteiger partial charge in [0.15, 0.2) is 0 Å². The van der Waals surface area contributed by atoms with Gasteiger partial charge in [-0.15, -0.1) is 0 Å². The molecule has 0 saturated carbocycles. The standard InChI is InChI=1S/C45H76N14O15/c1-5-24(4)37(59-38(67)26(48)18-35(63)64)45(74)58-30(16-23(2)3)43(72)55-29(12-13-34(61)62)42(71)54-27(10-6-8-14-46)40(69)53-28(11-7-9-15-47)41(70)56-31(17-25-20-50-22-52-25)44(73)57-32(19-33(49)60)39(68)51-21-36(65)66/h20,22-24,26-32,37H,5-19,21,46-48H2,1-4H3,(H2,49,60)(H,50,52)(H,51,68)(H,53,69)(H,54,71)(H,55,72)(H,56,70)(H,57,73)(H,58,74)(H,59,67)(H,61,62)(H,63,64)(H,65,66)/t24-,26-,27-,28-,29-,30-,31-,32-,37-/m0/s1. The van der Waals surface area contributed by atoms with Crippen molar-refractivity contribution in [1.82, 2.24) is 52.5 Å². The number of carbonyl (C=O) groups excluding carboxylic acids is 9. The lowest BCUT2D eigenvalue weighted by atomic mass is 9.96. The summed E-state index contributed by atoms with van der Waals surface area (Å²) in [5, 5.41) is 47.3. The molecule has 416 valence electrons. The minimum absolute atomic E-state index is 0.0112. The molecule has 29 nitrogen and oxygen atoms in total. The van der Waals surface area contributed by atoms with E-state index in [1.54, 1.807) is 27.7 Å². The summed E-state index contributed by atoms with van der Waals surface area (Å²) in [5.41, 5.74) is 22.8. The molecular formula is C45H76N14O15. The van der Waals surface area contributed by atoms with E-state index >= 15 is 0 Å². The van der Waals surface area contributed by atoms with Gasteiger partial charge in [-0.25, -0.2) is 4.98 Å².